The summed E-state index contributed by atoms with van der Waals surface area (Å²) in [6.07, 6.45) is 2.37. The molecule has 1 aliphatic rings. The number of Topliss-reactive ketones (excluding diaryl/α,β-unsaturated/α-hetero) is 1. The van der Waals surface area contributed by atoms with Crippen LogP contribution in [0.2, 0.25) is 5.02 Å². The number of aromatic hydroxyl groups is 1. The number of hydrogen-bond acceptors (Lipinski definition) is 5. The molecule has 2 aromatic carbocycles. The minimum Gasteiger partial charge on any atom is -0.508 e. The van der Waals surface area contributed by atoms with E-state index in [-0.39, 0.29) is 17.1 Å². The summed E-state index contributed by atoms with van der Waals surface area (Å²) >= 11 is 6.39. The molecule has 0 saturated heterocycles. The van der Waals surface area contributed by atoms with Crippen molar-refractivity contribution in [3.8, 4) is 5.75 Å². The van der Waals surface area contributed by atoms with Gasteiger partial charge in [-0.25, -0.2) is 4.79 Å². The van der Waals surface area contributed by atoms with Crippen LogP contribution in [0.25, 0.3) is 0 Å². The Bertz CT molecular complexity index is 927. The zero-order valence-electron chi connectivity index (χ0n) is 16.1. The maximum atomic E-state index is 13.0. The van der Waals surface area contributed by atoms with Gasteiger partial charge < -0.3 is 14.7 Å². The molecule has 0 bridgehead atoms. The Morgan fingerprint density at radius 1 is 1.14 bits per heavy atom. The highest BCUT2D eigenvalue weighted by Crippen LogP contribution is 2.42. The van der Waals surface area contributed by atoms with Crippen LogP contribution < -0.4 is 0 Å². The Kier molecular flexibility index (Phi) is 6.23. The first-order valence-electron chi connectivity index (χ1n) is 9.37. The number of likely N-dealkylation sites (N-methyl/N-ethyl adjacent to an activating group) is 1. The van der Waals surface area contributed by atoms with Gasteiger partial charge in [0.1, 0.15) is 11.3 Å². The maximum Gasteiger partial charge on any atom is 0.338 e. The number of phenols is 1. The lowest BCUT2D eigenvalue weighted by Gasteiger charge is -2.43. The minimum absolute atomic E-state index is 0.0230. The number of ketones is 1. The molecule has 152 valence electrons. The van der Waals surface area contributed by atoms with Gasteiger partial charge >= 0.3 is 5.97 Å². The predicted molar refractivity (Wildman–Crippen MR) is 108 cm³/mol. The van der Waals surface area contributed by atoms with Crippen LogP contribution in [-0.2, 0) is 19.9 Å². The van der Waals surface area contributed by atoms with Crippen molar-refractivity contribution >= 4 is 29.3 Å². The zero-order chi connectivity index (χ0) is 21.0. The predicted octanol–water partition coefficient (Wildman–Crippen LogP) is 3.70. The van der Waals surface area contributed by atoms with Crippen molar-refractivity contribution in [2.45, 2.75) is 31.2 Å². The minimum atomic E-state index is -1.17. The summed E-state index contributed by atoms with van der Waals surface area (Å²) in [4.78, 5) is 39.4. The van der Waals surface area contributed by atoms with E-state index in [1.54, 1.807) is 31.3 Å². The van der Waals surface area contributed by atoms with Crippen molar-refractivity contribution < 1.29 is 24.2 Å². The number of halogens is 1. The highest BCUT2D eigenvalue weighted by Gasteiger charge is 2.47. The van der Waals surface area contributed by atoms with Crippen LogP contribution in [-0.4, -0.2) is 41.3 Å². The lowest BCUT2D eigenvalue weighted by molar-refractivity contribution is -0.150. The van der Waals surface area contributed by atoms with Crippen LogP contribution in [0.1, 0.15) is 41.6 Å². The molecule has 3 rings (SSSR count). The molecule has 1 amide bonds. The smallest absolute Gasteiger partial charge is 0.338 e. The second-order valence-corrected chi connectivity index (χ2v) is 7.45. The van der Waals surface area contributed by atoms with Crippen LogP contribution in [0.4, 0.5) is 0 Å². The molecule has 0 heterocycles. The van der Waals surface area contributed by atoms with E-state index < -0.39 is 24.0 Å². The average Bonchev–Trinajstić information content (AvgIpc) is 2.73. The van der Waals surface area contributed by atoms with E-state index >= 15 is 0 Å². The van der Waals surface area contributed by atoms with E-state index in [9.17, 15) is 19.5 Å². The number of nitrogens with zero attached hydrogens (tertiary/aromatic N) is 1. The fourth-order valence-corrected chi connectivity index (χ4v) is 4.04. The summed E-state index contributed by atoms with van der Waals surface area (Å²) < 4.78 is 5.13. The molecule has 7 heteroatoms. The molecule has 1 aliphatic carbocycles. The van der Waals surface area contributed by atoms with Crippen molar-refractivity contribution in [1.82, 2.24) is 4.90 Å². The van der Waals surface area contributed by atoms with Crippen molar-refractivity contribution in [1.29, 1.82) is 0 Å². The lowest BCUT2D eigenvalue weighted by atomic mass is 9.74. The highest BCUT2D eigenvalue weighted by molar-refractivity contribution is 6.31. The van der Waals surface area contributed by atoms with Gasteiger partial charge in [-0.3, -0.25) is 9.59 Å². The van der Waals surface area contributed by atoms with Crippen molar-refractivity contribution in [3.63, 3.8) is 0 Å². The van der Waals surface area contributed by atoms with E-state index in [1.165, 1.54) is 29.2 Å². The summed E-state index contributed by atoms with van der Waals surface area (Å²) in [6.45, 7) is -0.504. The van der Waals surface area contributed by atoms with Crippen molar-refractivity contribution in [2.75, 3.05) is 13.7 Å². The largest absolute Gasteiger partial charge is 0.508 e. The van der Waals surface area contributed by atoms with E-state index in [0.717, 1.165) is 12.8 Å². The first kappa shape index (κ1) is 20.9. The van der Waals surface area contributed by atoms with E-state index in [1.807, 2.05) is 0 Å². The molecule has 1 atom stereocenters. The SMILES string of the molecule is CN(C(=O)COC(=O)c1ccc(O)cc1)[C@]1(c2ccccc2Cl)CCCCC1=O. The van der Waals surface area contributed by atoms with Crippen LogP contribution in [0.3, 0.4) is 0 Å². The van der Waals surface area contributed by atoms with Crippen LogP contribution in [0.15, 0.2) is 48.5 Å². The molecule has 6 nitrogen and oxygen atoms in total. The topological polar surface area (TPSA) is 83.9 Å². The van der Waals surface area contributed by atoms with Gasteiger partial charge in [0.2, 0.25) is 0 Å². The number of ether oxygens (including phenoxy) is 1. The summed E-state index contributed by atoms with van der Waals surface area (Å²) in [7, 11) is 1.54. The molecule has 0 aliphatic heterocycles. The fraction of sp³-hybridized carbons (Fsp3) is 0.318. The van der Waals surface area contributed by atoms with Gasteiger partial charge in [-0.1, -0.05) is 29.8 Å². The van der Waals surface area contributed by atoms with Gasteiger partial charge in [0.15, 0.2) is 12.4 Å². The zero-order valence-corrected chi connectivity index (χ0v) is 16.8. The third-order valence-corrected chi connectivity index (χ3v) is 5.68. The van der Waals surface area contributed by atoms with Gasteiger partial charge in [0.05, 0.1) is 5.56 Å². The highest BCUT2D eigenvalue weighted by atomic mass is 35.5. The van der Waals surface area contributed by atoms with E-state index in [2.05, 4.69) is 0 Å². The first-order chi connectivity index (χ1) is 13.9. The third-order valence-electron chi connectivity index (χ3n) is 5.35. The Morgan fingerprint density at radius 3 is 2.48 bits per heavy atom. The summed E-state index contributed by atoms with van der Waals surface area (Å²) in [6, 6.07) is 12.5. The number of esters is 1. The quantitative estimate of drug-likeness (QED) is 0.753. The number of rotatable bonds is 5. The second-order valence-electron chi connectivity index (χ2n) is 7.05. The van der Waals surface area contributed by atoms with Gasteiger partial charge in [-0.05, 0) is 49.6 Å². The number of carbonyl (C=O) groups is 3. The lowest BCUT2D eigenvalue weighted by Crippen LogP contribution is -2.55. The van der Waals surface area contributed by atoms with Gasteiger partial charge in [0.25, 0.3) is 5.91 Å². The summed E-state index contributed by atoms with van der Waals surface area (Å²) in [5.74, 6) is -1.23. The molecule has 0 aromatic heterocycles. The van der Waals surface area contributed by atoms with Crippen molar-refractivity contribution in [2.24, 2.45) is 0 Å². The Labute approximate surface area is 174 Å². The fourth-order valence-electron chi connectivity index (χ4n) is 3.75. The molecular formula is C22H22ClNO5. The summed E-state index contributed by atoms with van der Waals surface area (Å²) in [5, 5.41) is 9.72. The van der Waals surface area contributed by atoms with Crippen molar-refractivity contribution in [3.05, 3.63) is 64.7 Å². The molecule has 1 fully saturated rings. The molecule has 29 heavy (non-hydrogen) atoms. The Morgan fingerprint density at radius 2 is 1.83 bits per heavy atom. The molecule has 2 aromatic rings. The van der Waals surface area contributed by atoms with Gasteiger partial charge in [-0.15, -0.1) is 0 Å². The number of amides is 1. The Hall–Kier alpha value is -2.86. The second kappa shape index (κ2) is 8.66. The van der Waals surface area contributed by atoms with Crippen LogP contribution in [0.5, 0.6) is 5.75 Å². The Balaban J connectivity index is 1.81. The van der Waals surface area contributed by atoms with E-state index in [4.69, 9.17) is 16.3 Å². The normalized spacial score (nSPS) is 18.9. The molecule has 0 radical (unpaired) electrons. The number of hydrogen-bond donors (Lipinski definition) is 1. The first-order valence-corrected chi connectivity index (χ1v) is 9.75. The van der Waals surface area contributed by atoms with Crippen LogP contribution >= 0.6 is 11.6 Å². The molecular weight excluding hydrogens is 394 g/mol. The van der Waals surface area contributed by atoms with Gasteiger partial charge in [0, 0.05) is 24.1 Å². The molecule has 0 spiro atoms. The average molecular weight is 416 g/mol. The standard InChI is InChI=1S/C22H22ClNO5/c1-24(20(27)14-29-21(28)15-9-11-16(25)12-10-15)22(13-5-4-8-19(22)26)17-6-2-3-7-18(17)23/h2-3,6-7,9-12,25H,4-5,8,13-14H2,1H3/t22-/m0/s1. The molecule has 1 N–H and O–H groups in total. The summed E-state index contributed by atoms with van der Waals surface area (Å²) in [5.41, 5.74) is -0.363. The number of benzene rings is 2. The van der Waals surface area contributed by atoms with Gasteiger partial charge in [-0.2, -0.15) is 0 Å². The maximum absolute atomic E-state index is 13.0. The third kappa shape index (κ3) is 4.12. The number of carbonyl (C=O) groups excluding carboxylic acids is 3. The van der Waals surface area contributed by atoms with E-state index in [0.29, 0.717) is 23.4 Å². The number of phenolic OH excluding ortho intramolecular Hbond substituents is 1. The monoisotopic (exact) mass is 415 g/mol. The molecule has 1 saturated carbocycles. The van der Waals surface area contributed by atoms with Crippen LogP contribution in [0, 0.1) is 0 Å². The molecule has 0 unspecified atom stereocenters.